The summed E-state index contributed by atoms with van der Waals surface area (Å²) in [6.45, 7) is 0. The highest BCUT2D eigenvalue weighted by Crippen LogP contribution is 2.24. The predicted octanol–water partition coefficient (Wildman–Crippen LogP) is 3.49. The van der Waals surface area contributed by atoms with Gasteiger partial charge in [0.25, 0.3) is 0 Å². The summed E-state index contributed by atoms with van der Waals surface area (Å²) >= 11 is 0. The molecular weight excluding hydrogens is 205 g/mol. The molecule has 3 heteroatoms. The fourth-order valence-electron chi connectivity index (χ4n) is 1.27. The third-order valence-corrected chi connectivity index (χ3v) is 2.03. The largest absolute Gasteiger partial charge is 0.454 e. The third-order valence-electron chi connectivity index (χ3n) is 2.03. The molecule has 2 rings (SSSR count). The highest BCUT2D eigenvalue weighted by Gasteiger charge is 2.05. The normalized spacial score (nSPS) is 9.50. The fourth-order valence-corrected chi connectivity index (χ4v) is 1.27. The average Bonchev–Trinajstić information content (AvgIpc) is 2.33. The minimum atomic E-state index is -0.483. The van der Waals surface area contributed by atoms with E-state index in [-0.39, 0.29) is 5.75 Å². The van der Waals surface area contributed by atoms with Gasteiger partial charge < -0.3 is 4.74 Å². The van der Waals surface area contributed by atoms with Gasteiger partial charge >= 0.3 is 0 Å². The second-order valence-electron chi connectivity index (χ2n) is 3.17. The molecule has 0 aliphatic heterocycles. The molecule has 0 atom stereocenters. The summed E-state index contributed by atoms with van der Waals surface area (Å²) in [6.07, 6.45) is 0. The fraction of sp³-hybridized carbons (Fsp3) is 0. The number of nitrogens with zero attached hydrogens (tertiary/aromatic N) is 1. The minimum Gasteiger partial charge on any atom is -0.454 e. The van der Waals surface area contributed by atoms with Crippen LogP contribution in [0, 0.1) is 17.1 Å². The van der Waals surface area contributed by atoms with Crippen molar-refractivity contribution < 1.29 is 9.13 Å². The number of rotatable bonds is 2. The summed E-state index contributed by atoms with van der Waals surface area (Å²) in [5.41, 5.74) is 0.368. The number of para-hydroxylation sites is 1. The Morgan fingerprint density at radius 3 is 2.50 bits per heavy atom. The summed E-state index contributed by atoms with van der Waals surface area (Å²) in [7, 11) is 0. The van der Waals surface area contributed by atoms with Crippen molar-refractivity contribution in [1.82, 2.24) is 0 Å². The summed E-state index contributed by atoms with van der Waals surface area (Å²) < 4.78 is 18.7. The number of hydrogen-bond acceptors (Lipinski definition) is 2. The van der Waals surface area contributed by atoms with Crippen LogP contribution in [0.15, 0.2) is 48.5 Å². The lowest BCUT2D eigenvalue weighted by Gasteiger charge is -2.06. The monoisotopic (exact) mass is 213 g/mol. The van der Waals surface area contributed by atoms with Crippen molar-refractivity contribution in [2.75, 3.05) is 0 Å². The van der Waals surface area contributed by atoms with Gasteiger partial charge in [-0.3, -0.25) is 0 Å². The van der Waals surface area contributed by atoms with E-state index in [4.69, 9.17) is 10.00 Å². The van der Waals surface area contributed by atoms with E-state index in [1.54, 1.807) is 24.3 Å². The van der Waals surface area contributed by atoms with Crippen molar-refractivity contribution in [3.8, 4) is 17.6 Å². The van der Waals surface area contributed by atoms with Crippen LogP contribution in [-0.2, 0) is 0 Å². The molecule has 0 amide bonds. The molecule has 0 radical (unpaired) electrons. The molecular formula is C13H8FNO. The van der Waals surface area contributed by atoms with Crippen LogP contribution >= 0.6 is 0 Å². The maximum absolute atomic E-state index is 13.4. The van der Waals surface area contributed by atoms with Gasteiger partial charge in [-0.25, -0.2) is 4.39 Å². The number of halogens is 1. The molecule has 2 aromatic rings. The molecule has 0 fully saturated rings. The highest BCUT2D eigenvalue weighted by atomic mass is 19.1. The first-order chi connectivity index (χ1) is 7.79. The van der Waals surface area contributed by atoms with Crippen molar-refractivity contribution in [3.05, 3.63) is 59.9 Å². The van der Waals surface area contributed by atoms with Gasteiger partial charge in [-0.1, -0.05) is 18.2 Å². The quantitative estimate of drug-likeness (QED) is 0.764. The van der Waals surface area contributed by atoms with Crippen molar-refractivity contribution in [2.24, 2.45) is 0 Å². The van der Waals surface area contributed by atoms with E-state index in [9.17, 15) is 4.39 Å². The van der Waals surface area contributed by atoms with Gasteiger partial charge in [0.05, 0.1) is 11.6 Å². The first-order valence-corrected chi connectivity index (χ1v) is 4.72. The molecule has 0 N–H and O–H groups in total. The number of benzene rings is 2. The summed E-state index contributed by atoms with van der Waals surface area (Å²) in [6, 6.07) is 14.8. The van der Waals surface area contributed by atoms with Crippen LogP contribution in [0.25, 0.3) is 0 Å². The van der Waals surface area contributed by atoms with E-state index in [1.807, 2.05) is 12.1 Å². The molecule has 0 saturated carbocycles. The van der Waals surface area contributed by atoms with Crippen LogP contribution in [0.2, 0.25) is 0 Å². The van der Waals surface area contributed by atoms with Crippen molar-refractivity contribution in [3.63, 3.8) is 0 Å². The Morgan fingerprint density at radius 2 is 1.81 bits per heavy atom. The zero-order chi connectivity index (χ0) is 11.4. The summed E-state index contributed by atoms with van der Waals surface area (Å²) in [4.78, 5) is 0. The molecule has 0 spiro atoms. The molecule has 0 aliphatic carbocycles. The lowest BCUT2D eigenvalue weighted by molar-refractivity contribution is 0.442. The molecule has 0 bridgehead atoms. The van der Waals surface area contributed by atoms with Crippen molar-refractivity contribution in [1.29, 1.82) is 5.26 Å². The van der Waals surface area contributed by atoms with Crippen LogP contribution in [-0.4, -0.2) is 0 Å². The van der Waals surface area contributed by atoms with Crippen molar-refractivity contribution >= 4 is 0 Å². The number of hydrogen-bond donors (Lipinski definition) is 0. The standard InChI is InChI=1S/C13H8FNO/c14-12-7-6-10(9-15)8-13(12)16-11-4-2-1-3-5-11/h1-8H. The lowest BCUT2D eigenvalue weighted by Crippen LogP contribution is -1.89. The van der Waals surface area contributed by atoms with Crippen LogP contribution < -0.4 is 4.74 Å². The van der Waals surface area contributed by atoms with Gasteiger partial charge in [0.2, 0.25) is 0 Å². The van der Waals surface area contributed by atoms with Crippen LogP contribution in [0.1, 0.15) is 5.56 Å². The molecule has 0 saturated heterocycles. The second kappa shape index (κ2) is 4.45. The van der Waals surface area contributed by atoms with E-state index in [0.717, 1.165) is 0 Å². The second-order valence-corrected chi connectivity index (χ2v) is 3.17. The zero-order valence-corrected chi connectivity index (χ0v) is 8.35. The smallest absolute Gasteiger partial charge is 0.165 e. The minimum absolute atomic E-state index is 0.0604. The maximum atomic E-state index is 13.4. The first kappa shape index (κ1) is 10.2. The Morgan fingerprint density at radius 1 is 1.06 bits per heavy atom. The predicted molar refractivity (Wildman–Crippen MR) is 57.6 cm³/mol. The molecule has 0 heterocycles. The molecule has 78 valence electrons. The average molecular weight is 213 g/mol. The van der Waals surface area contributed by atoms with Gasteiger partial charge in [0.1, 0.15) is 5.75 Å². The molecule has 2 aromatic carbocycles. The number of nitriles is 1. The first-order valence-electron chi connectivity index (χ1n) is 4.72. The van der Waals surface area contributed by atoms with E-state index in [1.165, 1.54) is 18.2 Å². The molecule has 16 heavy (non-hydrogen) atoms. The maximum Gasteiger partial charge on any atom is 0.165 e. The van der Waals surface area contributed by atoms with E-state index >= 15 is 0 Å². The van der Waals surface area contributed by atoms with Gasteiger partial charge in [-0.05, 0) is 24.3 Å². The van der Waals surface area contributed by atoms with Crippen LogP contribution in [0.4, 0.5) is 4.39 Å². The summed E-state index contributed by atoms with van der Waals surface area (Å²) in [5, 5.41) is 8.69. The third kappa shape index (κ3) is 2.18. The van der Waals surface area contributed by atoms with Gasteiger partial charge in [-0.15, -0.1) is 0 Å². The van der Waals surface area contributed by atoms with E-state index < -0.39 is 5.82 Å². The molecule has 0 aliphatic rings. The molecule has 0 aromatic heterocycles. The molecule has 0 unspecified atom stereocenters. The Balaban J connectivity index is 2.31. The van der Waals surface area contributed by atoms with Gasteiger partial charge in [0.15, 0.2) is 11.6 Å². The Hall–Kier alpha value is -2.34. The zero-order valence-electron chi connectivity index (χ0n) is 8.35. The summed E-state index contributed by atoms with van der Waals surface area (Å²) in [5.74, 6) is 0.115. The lowest BCUT2D eigenvalue weighted by atomic mass is 10.2. The highest BCUT2D eigenvalue weighted by molar-refractivity contribution is 5.39. The van der Waals surface area contributed by atoms with Crippen LogP contribution in [0.3, 0.4) is 0 Å². The number of ether oxygens (including phenoxy) is 1. The SMILES string of the molecule is N#Cc1ccc(F)c(Oc2ccccc2)c1. The van der Waals surface area contributed by atoms with E-state index in [2.05, 4.69) is 0 Å². The Kier molecular flexibility index (Phi) is 2.84. The van der Waals surface area contributed by atoms with Crippen molar-refractivity contribution in [2.45, 2.75) is 0 Å². The topological polar surface area (TPSA) is 33.0 Å². The van der Waals surface area contributed by atoms with Gasteiger partial charge in [0, 0.05) is 6.07 Å². The Bertz CT molecular complexity index is 531. The molecule has 2 nitrogen and oxygen atoms in total. The van der Waals surface area contributed by atoms with Crippen LogP contribution in [0.5, 0.6) is 11.5 Å². The van der Waals surface area contributed by atoms with Gasteiger partial charge in [-0.2, -0.15) is 5.26 Å². The van der Waals surface area contributed by atoms with E-state index in [0.29, 0.717) is 11.3 Å². The Labute approximate surface area is 92.5 Å².